The van der Waals surface area contributed by atoms with Gasteiger partial charge in [0.25, 0.3) is 5.91 Å². The van der Waals surface area contributed by atoms with E-state index in [0.717, 1.165) is 33.5 Å². The minimum absolute atomic E-state index is 0.167. The van der Waals surface area contributed by atoms with Gasteiger partial charge in [-0.25, -0.2) is 4.98 Å². The van der Waals surface area contributed by atoms with E-state index in [4.69, 9.17) is 11.6 Å². The molecule has 0 fully saturated rings. The average molecular weight is 484 g/mol. The predicted octanol–water partition coefficient (Wildman–Crippen LogP) is 4.81. The van der Waals surface area contributed by atoms with Crippen molar-refractivity contribution in [2.45, 2.75) is 19.5 Å². The van der Waals surface area contributed by atoms with Crippen molar-refractivity contribution < 1.29 is 4.79 Å². The van der Waals surface area contributed by atoms with E-state index in [0.29, 0.717) is 22.0 Å². The molecule has 0 saturated carbocycles. The van der Waals surface area contributed by atoms with Gasteiger partial charge in [-0.3, -0.25) is 14.8 Å². The van der Waals surface area contributed by atoms with Gasteiger partial charge in [0, 0.05) is 17.3 Å². The first-order chi connectivity index (χ1) is 14.5. The van der Waals surface area contributed by atoms with Gasteiger partial charge in [0.1, 0.15) is 11.6 Å². The Morgan fingerprint density at radius 1 is 1.30 bits per heavy atom. The third kappa shape index (κ3) is 2.79. The number of fused-ring (bicyclic) bond motifs is 2. The first-order valence-corrected chi connectivity index (χ1v) is 10.4. The maximum Gasteiger partial charge on any atom is 0.279 e. The first-order valence-electron chi connectivity index (χ1n) is 9.27. The molecule has 1 aliphatic rings. The van der Waals surface area contributed by atoms with E-state index < -0.39 is 0 Å². The summed E-state index contributed by atoms with van der Waals surface area (Å²) in [5.41, 5.74) is 5.40. The molecular formula is C21H16BrClN6O. The Bertz CT molecular complexity index is 1310. The lowest BCUT2D eigenvalue weighted by atomic mass is 10.0. The maximum absolute atomic E-state index is 13.5. The molecule has 1 atom stereocenters. The first kappa shape index (κ1) is 19.0. The number of benzene rings is 2. The van der Waals surface area contributed by atoms with Gasteiger partial charge in [-0.2, -0.15) is 0 Å². The summed E-state index contributed by atoms with van der Waals surface area (Å²) in [6, 6.07) is 11.0. The molecule has 0 bridgehead atoms. The predicted molar refractivity (Wildman–Crippen MR) is 119 cm³/mol. The molecule has 5 rings (SSSR count). The number of carbonyl (C=O) groups excluding carboxylic acids is 1. The highest BCUT2D eigenvalue weighted by Crippen LogP contribution is 2.43. The number of H-pyrrole nitrogens is 1. The number of carbonyl (C=O) groups is 1. The van der Waals surface area contributed by atoms with Crippen molar-refractivity contribution in [3.05, 3.63) is 81.3 Å². The number of imidazole rings is 1. The van der Waals surface area contributed by atoms with Crippen LogP contribution in [0.25, 0.3) is 11.0 Å². The smallest absolute Gasteiger partial charge is 0.279 e. The maximum atomic E-state index is 13.5. The number of rotatable bonds is 4. The van der Waals surface area contributed by atoms with Gasteiger partial charge in [0.05, 0.1) is 11.2 Å². The number of aromatic nitrogens is 5. The second-order valence-electron chi connectivity index (χ2n) is 7.11. The summed E-state index contributed by atoms with van der Waals surface area (Å²) in [4.78, 5) is 19.8. The Morgan fingerprint density at radius 3 is 2.80 bits per heavy atom. The molecule has 7 nitrogen and oxygen atoms in total. The number of anilines is 1. The van der Waals surface area contributed by atoms with Gasteiger partial charge in [-0.15, -0.1) is 11.7 Å². The lowest BCUT2D eigenvalue weighted by molar-refractivity contribution is 0.0989. The molecule has 30 heavy (non-hydrogen) atoms. The minimum atomic E-state index is -0.365. The molecule has 0 aliphatic carbocycles. The van der Waals surface area contributed by atoms with Crippen LogP contribution in [0.4, 0.5) is 5.69 Å². The summed E-state index contributed by atoms with van der Waals surface area (Å²) in [6.45, 7) is 6.32. The number of allylic oxidation sites excluding steroid dienone is 1. The molecule has 2 aromatic carbocycles. The molecule has 1 unspecified atom stereocenters. The Balaban J connectivity index is 1.75. The van der Waals surface area contributed by atoms with Crippen LogP contribution in [0.3, 0.4) is 0 Å². The van der Waals surface area contributed by atoms with Crippen LogP contribution in [-0.2, 0) is 6.54 Å². The van der Waals surface area contributed by atoms with Gasteiger partial charge in [-0.05, 0) is 58.2 Å². The number of nitrogens with one attached hydrogen (secondary N) is 1. The van der Waals surface area contributed by atoms with Gasteiger partial charge in [0.2, 0.25) is 0 Å². The van der Waals surface area contributed by atoms with Crippen molar-refractivity contribution in [3.63, 3.8) is 0 Å². The molecule has 1 aliphatic heterocycles. The lowest BCUT2D eigenvalue weighted by Crippen LogP contribution is -2.30. The van der Waals surface area contributed by atoms with Crippen molar-refractivity contribution in [1.82, 2.24) is 25.0 Å². The zero-order valence-corrected chi connectivity index (χ0v) is 18.3. The number of amides is 1. The van der Waals surface area contributed by atoms with Crippen molar-refractivity contribution in [2.24, 2.45) is 0 Å². The van der Waals surface area contributed by atoms with E-state index in [1.165, 1.54) is 0 Å². The fourth-order valence-corrected chi connectivity index (χ4v) is 4.63. The molecule has 3 heterocycles. The fraction of sp³-hybridized carbons (Fsp3) is 0.143. The molecule has 4 aromatic rings. The van der Waals surface area contributed by atoms with Crippen LogP contribution in [-0.4, -0.2) is 30.9 Å². The van der Waals surface area contributed by atoms with E-state index in [9.17, 15) is 4.79 Å². The molecule has 2 aromatic heterocycles. The Hall–Kier alpha value is -2.97. The molecule has 0 radical (unpaired) electrons. The second kappa shape index (κ2) is 7.07. The summed E-state index contributed by atoms with van der Waals surface area (Å²) in [5.74, 6) is -0.167. The van der Waals surface area contributed by atoms with Crippen LogP contribution in [0.5, 0.6) is 0 Å². The zero-order valence-electron chi connectivity index (χ0n) is 15.9. The van der Waals surface area contributed by atoms with Crippen LogP contribution in [0.2, 0.25) is 5.02 Å². The third-order valence-corrected chi connectivity index (χ3v) is 6.14. The topological polar surface area (TPSA) is 79.7 Å². The van der Waals surface area contributed by atoms with Crippen molar-refractivity contribution in [1.29, 1.82) is 0 Å². The highest BCUT2D eigenvalue weighted by atomic mass is 79.9. The Morgan fingerprint density at radius 2 is 2.07 bits per heavy atom. The molecule has 1 amide bonds. The Kier molecular flexibility index (Phi) is 4.48. The number of aryl methyl sites for hydroxylation is 1. The summed E-state index contributed by atoms with van der Waals surface area (Å²) >= 11 is 9.61. The molecule has 0 spiro atoms. The molecule has 0 saturated heterocycles. The van der Waals surface area contributed by atoms with Crippen molar-refractivity contribution >= 4 is 50.2 Å². The summed E-state index contributed by atoms with van der Waals surface area (Å²) in [7, 11) is 0. The quantitative estimate of drug-likeness (QED) is 0.422. The summed E-state index contributed by atoms with van der Waals surface area (Å²) in [5, 5.41) is 11.5. The summed E-state index contributed by atoms with van der Waals surface area (Å²) in [6.07, 6.45) is 1.78. The molecule has 1 N–H and O–H groups in total. The second-order valence-corrected chi connectivity index (χ2v) is 8.26. The van der Waals surface area contributed by atoms with E-state index in [1.54, 1.807) is 11.0 Å². The van der Waals surface area contributed by atoms with E-state index in [-0.39, 0.29) is 11.9 Å². The molecule has 9 heteroatoms. The highest BCUT2D eigenvalue weighted by molar-refractivity contribution is 9.10. The fourth-order valence-electron chi connectivity index (χ4n) is 3.99. The largest absolute Gasteiger partial charge is 0.316 e. The van der Waals surface area contributed by atoms with Gasteiger partial charge in [-0.1, -0.05) is 35.0 Å². The number of hydrogen-bond acceptors (Lipinski definition) is 4. The van der Waals surface area contributed by atoms with E-state index >= 15 is 0 Å². The number of aromatic amines is 1. The van der Waals surface area contributed by atoms with E-state index in [1.807, 2.05) is 47.9 Å². The van der Waals surface area contributed by atoms with Crippen LogP contribution in [0, 0.1) is 6.92 Å². The third-order valence-electron chi connectivity index (χ3n) is 5.28. The number of halogens is 2. The van der Waals surface area contributed by atoms with Gasteiger partial charge >= 0.3 is 0 Å². The SMILES string of the molecule is C=CCn1c(Br)nc2c1C(c1ccc(Cl)cc1)N(c1cc(C)c3nn[nH]c3c1)C2=O. The lowest BCUT2D eigenvalue weighted by Gasteiger charge is -2.27. The number of hydrogen-bond donors (Lipinski definition) is 1. The van der Waals surface area contributed by atoms with Crippen LogP contribution in [0.15, 0.2) is 53.8 Å². The molecule has 150 valence electrons. The standard InChI is InChI=1S/C21H16BrClN6O/c1-3-8-28-19-17(24-21(28)22)20(30)29(18(19)12-4-6-13(23)7-5-12)14-9-11(2)16-15(10-14)25-27-26-16/h3-7,9-10,18H,1,8H2,2H3,(H,25,26,27). The van der Waals surface area contributed by atoms with Gasteiger partial charge < -0.3 is 4.57 Å². The van der Waals surface area contributed by atoms with E-state index in [2.05, 4.69) is 42.9 Å². The normalized spacial score (nSPS) is 15.8. The molecular weight excluding hydrogens is 468 g/mol. The van der Waals surface area contributed by atoms with Crippen LogP contribution >= 0.6 is 27.5 Å². The average Bonchev–Trinajstić information content (AvgIpc) is 3.39. The van der Waals surface area contributed by atoms with Crippen molar-refractivity contribution in [2.75, 3.05) is 4.90 Å². The van der Waals surface area contributed by atoms with Gasteiger partial charge in [0.15, 0.2) is 10.4 Å². The number of nitrogens with zero attached hydrogens (tertiary/aromatic N) is 5. The highest BCUT2D eigenvalue weighted by Gasteiger charge is 2.43. The van der Waals surface area contributed by atoms with Crippen LogP contribution in [0.1, 0.15) is 33.4 Å². The Labute approximate surface area is 185 Å². The summed E-state index contributed by atoms with van der Waals surface area (Å²) < 4.78 is 2.56. The zero-order chi connectivity index (χ0) is 21.0. The van der Waals surface area contributed by atoms with Crippen molar-refractivity contribution in [3.8, 4) is 0 Å². The monoisotopic (exact) mass is 482 g/mol. The minimum Gasteiger partial charge on any atom is -0.316 e. The van der Waals surface area contributed by atoms with Crippen LogP contribution < -0.4 is 4.90 Å².